The number of carbonyl (C=O) groups is 2. The summed E-state index contributed by atoms with van der Waals surface area (Å²) in [6.07, 6.45) is 0. The monoisotopic (exact) mass is 378 g/mol. The van der Waals surface area contributed by atoms with Gasteiger partial charge in [0.2, 0.25) is 0 Å². The summed E-state index contributed by atoms with van der Waals surface area (Å²) in [5.41, 5.74) is 5.13. The quantitative estimate of drug-likeness (QED) is 0.284. The van der Waals surface area contributed by atoms with Crippen molar-refractivity contribution in [3.05, 3.63) is 59.2 Å². The van der Waals surface area contributed by atoms with Crippen LogP contribution in [0.1, 0.15) is 0 Å². The minimum atomic E-state index is -1.54. The van der Waals surface area contributed by atoms with E-state index in [0.29, 0.717) is 12.1 Å². The van der Waals surface area contributed by atoms with Crippen LogP contribution in [-0.2, 0) is 9.59 Å². The summed E-state index contributed by atoms with van der Waals surface area (Å²) in [6.45, 7) is 0. The molecule has 2 rings (SSSR count). The smallest absolute Gasteiger partial charge is 0.295 e. The summed E-state index contributed by atoms with van der Waals surface area (Å²) >= 11 is 0. The second-order valence-electron chi connectivity index (χ2n) is 4.66. The number of rotatable bonds is 4. The van der Waals surface area contributed by atoms with Crippen molar-refractivity contribution in [1.82, 2.24) is 10.9 Å². The summed E-state index contributed by atoms with van der Waals surface area (Å²) in [5, 5.41) is 0. The van der Waals surface area contributed by atoms with Crippen molar-refractivity contribution in [2.24, 2.45) is 0 Å². The van der Waals surface area contributed by atoms with Crippen LogP contribution in [0.4, 0.5) is 37.7 Å². The van der Waals surface area contributed by atoms with Crippen LogP contribution in [0.15, 0.2) is 24.3 Å². The molecule has 0 saturated heterocycles. The highest BCUT2D eigenvalue weighted by atomic mass is 19.2. The largest absolute Gasteiger partial charge is 0.329 e. The molecule has 2 aromatic carbocycles. The topological polar surface area (TPSA) is 82.3 Å². The molecule has 0 radical (unpaired) electrons. The van der Waals surface area contributed by atoms with Gasteiger partial charge in [-0.25, -0.2) is 26.3 Å². The van der Waals surface area contributed by atoms with E-state index in [9.17, 15) is 35.9 Å². The predicted octanol–water partition coefficient (Wildman–Crippen LogP) is 2.11. The van der Waals surface area contributed by atoms with Crippen LogP contribution in [-0.4, -0.2) is 11.8 Å². The first-order valence-corrected chi connectivity index (χ1v) is 6.60. The maximum atomic E-state index is 13.3. The van der Waals surface area contributed by atoms with Crippen molar-refractivity contribution in [3.63, 3.8) is 0 Å². The van der Waals surface area contributed by atoms with Gasteiger partial charge in [0.25, 0.3) is 0 Å². The molecule has 0 aliphatic carbocycles. The van der Waals surface area contributed by atoms with Crippen LogP contribution in [0.25, 0.3) is 0 Å². The van der Waals surface area contributed by atoms with E-state index in [1.54, 1.807) is 21.7 Å². The molecule has 0 aliphatic rings. The molecular formula is C14H8F6N4O2. The molecule has 0 aromatic heterocycles. The molecule has 0 fully saturated rings. The molecule has 0 aliphatic heterocycles. The molecule has 0 spiro atoms. The fraction of sp³-hybridized carbons (Fsp3) is 0. The van der Waals surface area contributed by atoms with E-state index in [-0.39, 0.29) is 12.1 Å². The average Bonchev–Trinajstić information content (AvgIpc) is 2.57. The predicted molar refractivity (Wildman–Crippen MR) is 76.2 cm³/mol. The van der Waals surface area contributed by atoms with Gasteiger partial charge in [-0.1, -0.05) is 0 Å². The zero-order valence-corrected chi connectivity index (χ0v) is 12.4. The molecule has 26 heavy (non-hydrogen) atoms. The van der Waals surface area contributed by atoms with Crippen LogP contribution in [0, 0.1) is 34.9 Å². The van der Waals surface area contributed by atoms with E-state index in [1.807, 2.05) is 0 Å². The molecule has 2 aromatic rings. The summed E-state index contributed by atoms with van der Waals surface area (Å²) in [6, 6.07) is 1.51. The van der Waals surface area contributed by atoms with E-state index < -0.39 is 58.1 Å². The molecule has 12 heteroatoms. The molecule has 0 saturated carbocycles. The third-order valence-corrected chi connectivity index (χ3v) is 2.81. The highest BCUT2D eigenvalue weighted by Gasteiger charge is 2.17. The van der Waals surface area contributed by atoms with Crippen LogP contribution in [0.2, 0.25) is 0 Å². The standard InChI is InChI=1S/C14H8F6N4O2/c15-5-1-7(17)11(19)9(3-5)21-23-13(25)14(26)24-22-10-4-6(16)2-8(18)12(10)20/h1-4,21-22H,(H,23,25)(H,24,26). The molecule has 0 unspecified atom stereocenters. The Kier molecular flexibility index (Phi) is 5.54. The zero-order valence-electron chi connectivity index (χ0n) is 12.4. The normalized spacial score (nSPS) is 10.2. The maximum absolute atomic E-state index is 13.3. The average molecular weight is 378 g/mol. The fourth-order valence-electron chi connectivity index (χ4n) is 1.66. The van der Waals surface area contributed by atoms with Gasteiger partial charge in [0, 0.05) is 24.3 Å². The SMILES string of the molecule is O=C(NNc1cc(F)cc(F)c1F)C(=O)NNc1cc(F)cc(F)c1F. The summed E-state index contributed by atoms with van der Waals surface area (Å²) in [5.74, 6) is -11.5. The van der Waals surface area contributed by atoms with Gasteiger partial charge in [-0.2, -0.15) is 0 Å². The molecule has 0 bridgehead atoms. The van der Waals surface area contributed by atoms with Crippen LogP contribution in [0.5, 0.6) is 0 Å². The van der Waals surface area contributed by atoms with Gasteiger partial charge in [-0.15, -0.1) is 0 Å². The minimum Gasteiger partial charge on any atom is -0.295 e. The lowest BCUT2D eigenvalue weighted by atomic mass is 10.3. The van der Waals surface area contributed by atoms with Gasteiger partial charge in [0.1, 0.15) is 11.6 Å². The van der Waals surface area contributed by atoms with Crippen molar-refractivity contribution in [2.75, 3.05) is 10.9 Å². The summed E-state index contributed by atoms with van der Waals surface area (Å²) < 4.78 is 78.6. The number of anilines is 2. The Hall–Kier alpha value is -3.44. The fourth-order valence-corrected chi connectivity index (χ4v) is 1.66. The number of hydrazine groups is 2. The van der Waals surface area contributed by atoms with E-state index >= 15 is 0 Å². The first kappa shape index (κ1) is 18.9. The lowest BCUT2D eigenvalue weighted by Gasteiger charge is -2.12. The second kappa shape index (κ2) is 7.63. The molecule has 138 valence electrons. The molecule has 6 nitrogen and oxygen atoms in total. The number of hydrogen-bond acceptors (Lipinski definition) is 4. The van der Waals surface area contributed by atoms with Crippen molar-refractivity contribution < 1.29 is 35.9 Å². The van der Waals surface area contributed by atoms with Gasteiger partial charge >= 0.3 is 11.8 Å². The number of carbonyl (C=O) groups excluding carboxylic acids is 2. The van der Waals surface area contributed by atoms with Gasteiger partial charge in [-0.05, 0) is 0 Å². The summed E-state index contributed by atoms with van der Waals surface area (Å²) in [7, 11) is 0. The van der Waals surface area contributed by atoms with Crippen LogP contribution < -0.4 is 21.7 Å². The minimum absolute atomic E-state index is 0.256. The number of benzene rings is 2. The van der Waals surface area contributed by atoms with Crippen LogP contribution >= 0.6 is 0 Å². The number of amides is 2. The van der Waals surface area contributed by atoms with Crippen molar-refractivity contribution in [2.45, 2.75) is 0 Å². The van der Waals surface area contributed by atoms with Gasteiger partial charge in [-0.3, -0.25) is 31.3 Å². The third-order valence-electron chi connectivity index (χ3n) is 2.81. The first-order valence-electron chi connectivity index (χ1n) is 6.60. The number of halogens is 6. The van der Waals surface area contributed by atoms with Crippen molar-refractivity contribution in [3.8, 4) is 0 Å². The number of nitrogens with one attached hydrogen (secondary N) is 4. The lowest BCUT2D eigenvalue weighted by molar-refractivity contribution is -0.138. The highest BCUT2D eigenvalue weighted by Crippen LogP contribution is 2.19. The lowest BCUT2D eigenvalue weighted by Crippen LogP contribution is -2.44. The van der Waals surface area contributed by atoms with Gasteiger partial charge in [0.15, 0.2) is 23.3 Å². The second-order valence-corrected chi connectivity index (χ2v) is 4.66. The molecule has 0 atom stereocenters. The Morgan fingerprint density at radius 3 is 1.31 bits per heavy atom. The highest BCUT2D eigenvalue weighted by molar-refractivity contribution is 6.35. The Labute approximate surface area is 141 Å². The van der Waals surface area contributed by atoms with Gasteiger partial charge < -0.3 is 0 Å². The van der Waals surface area contributed by atoms with Gasteiger partial charge in [0.05, 0.1) is 11.4 Å². The first-order chi connectivity index (χ1) is 12.2. The van der Waals surface area contributed by atoms with Crippen LogP contribution in [0.3, 0.4) is 0 Å². The van der Waals surface area contributed by atoms with E-state index in [4.69, 9.17) is 0 Å². The summed E-state index contributed by atoms with van der Waals surface area (Å²) in [4.78, 5) is 22.9. The maximum Gasteiger partial charge on any atom is 0.329 e. The molecular weight excluding hydrogens is 370 g/mol. The molecule has 4 N–H and O–H groups in total. The Morgan fingerprint density at radius 1 is 0.615 bits per heavy atom. The van der Waals surface area contributed by atoms with E-state index in [1.165, 1.54) is 0 Å². The van der Waals surface area contributed by atoms with Crippen molar-refractivity contribution >= 4 is 23.2 Å². The van der Waals surface area contributed by atoms with E-state index in [0.717, 1.165) is 0 Å². The van der Waals surface area contributed by atoms with E-state index in [2.05, 4.69) is 0 Å². The number of hydrogen-bond donors (Lipinski definition) is 4. The molecule has 2 amide bonds. The Bertz CT molecular complexity index is 806. The molecule has 0 heterocycles. The Morgan fingerprint density at radius 2 is 0.962 bits per heavy atom. The third kappa shape index (κ3) is 4.34. The zero-order chi connectivity index (χ0) is 19.4. The Balaban J connectivity index is 1.96. The van der Waals surface area contributed by atoms with Crippen molar-refractivity contribution in [1.29, 1.82) is 0 Å².